The highest BCUT2D eigenvalue weighted by Crippen LogP contribution is 2.29. The van der Waals surface area contributed by atoms with Crippen LogP contribution in [0.4, 0.5) is 0 Å². The van der Waals surface area contributed by atoms with E-state index < -0.39 is 0 Å². The zero-order valence-corrected chi connectivity index (χ0v) is 20.1. The number of methoxy groups -OCH3 is 1. The average Bonchev–Trinajstić information content (AvgIpc) is 3.58. The number of ether oxygens (including phenoxy) is 2. The molecule has 1 aliphatic heterocycles. The van der Waals surface area contributed by atoms with E-state index in [-0.39, 0.29) is 11.7 Å². The topological polar surface area (TPSA) is 96.4 Å². The van der Waals surface area contributed by atoms with Gasteiger partial charge in [0.1, 0.15) is 10.8 Å². The lowest BCUT2D eigenvalue weighted by atomic mass is 10.2. The summed E-state index contributed by atoms with van der Waals surface area (Å²) < 4.78 is 14.6. The quantitative estimate of drug-likeness (QED) is 0.351. The highest BCUT2D eigenvalue weighted by Gasteiger charge is 2.22. The summed E-state index contributed by atoms with van der Waals surface area (Å²) in [6.07, 6.45) is 3.00. The predicted octanol–water partition coefficient (Wildman–Crippen LogP) is 3.45. The molecule has 4 aromatic rings. The third kappa shape index (κ3) is 4.66. The minimum Gasteiger partial charge on any atom is -0.497 e. The summed E-state index contributed by atoms with van der Waals surface area (Å²) in [5, 5.41) is 14.9. The lowest BCUT2D eigenvalue weighted by Gasteiger charge is -2.15. The first-order chi connectivity index (χ1) is 16.1. The third-order valence-corrected chi connectivity index (χ3v) is 7.52. The van der Waals surface area contributed by atoms with Gasteiger partial charge in [-0.25, -0.2) is 4.98 Å². The Morgan fingerprint density at radius 2 is 2.12 bits per heavy atom. The van der Waals surface area contributed by atoms with Crippen molar-refractivity contribution in [2.24, 2.45) is 0 Å². The van der Waals surface area contributed by atoms with Gasteiger partial charge in [-0.15, -0.1) is 10.2 Å². The molecule has 9 nitrogen and oxygen atoms in total. The predicted molar refractivity (Wildman–Crippen MR) is 127 cm³/mol. The number of nitrogens with zero attached hydrogens (tertiary/aromatic N) is 6. The number of hydrogen-bond donors (Lipinski definition) is 0. The van der Waals surface area contributed by atoms with Gasteiger partial charge < -0.3 is 9.47 Å². The van der Waals surface area contributed by atoms with Crippen molar-refractivity contribution in [1.29, 1.82) is 0 Å². The monoisotopic (exact) mass is 484 g/mol. The van der Waals surface area contributed by atoms with Gasteiger partial charge in [-0.3, -0.25) is 9.36 Å². The van der Waals surface area contributed by atoms with Gasteiger partial charge in [-0.1, -0.05) is 30.0 Å². The molecular weight excluding hydrogens is 460 g/mol. The lowest BCUT2D eigenvalue weighted by Crippen LogP contribution is -2.17. The fraction of sp³-hybridized carbons (Fsp3) is 0.409. The first-order valence-electron chi connectivity index (χ1n) is 10.9. The molecule has 172 valence electrons. The number of rotatable bonds is 8. The van der Waals surface area contributed by atoms with Crippen LogP contribution >= 0.6 is 23.1 Å². The number of fused-ring (bicyclic) bond motifs is 1. The van der Waals surface area contributed by atoms with E-state index in [4.69, 9.17) is 9.47 Å². The molecule has 1 aromatic carbocycles. The molecule has 11 heteroatoms. The summed E-state index contributed by atoms with van der Waals surface area (Å²) in [6.45, 7) is 3.48. The van der Waals surface area contributed by atoms with Crippen LogP contribution in [0, 0.1) is 0 Å². The van der Waals surface area contributed by atoms with Gasteiger partial charge in [0.05, 0.1) is 25.5 Å². The van der Waals surface area contributed by atoms with Gasteiger partial charge in [0.2, 0.25) is 4.96 Å². The van der Waals surface area contributed by atoms with Crippen LogP contribution in [-0.4, -0.2) is 49.2 Å². The molecule has 1 saturated heterocycles. The summed E-state index contributed by atoms with van der Waals surface area (Å²) in [5.41, 5.74) is 1.50. The van der Waals surface area contributed by atoms with Crippen LogP contribution in [0.15, 0.2) is 40.3 Å². The maximum absolute atomic E-state index is 12.5. The van der Waals surface area contributed by atoms with Crippen molar-refractivity contribution in [3.05, 3.63) is 51.4 Å². The van der Waals surface area contributed by atoms with Crippen molar-refractivity contribution in [2.75, 3.05) is 13.7 Å². The maximum atomic E-state index is 12.5. The van der Waals surface area contributed by atoms with Crippen LogP contribution in [0.3, 0.4) is 0 Å². The Hall–Kier alpha value is -2.76. The molecule has 0 N–H and O–H groups in total. The molecule has 3 aromatic heterocycles. The number of benzene rings is 1. The van der Waals surface area contributed by atoms with Gasteiger partial charge in [0, 0.05) is 24.0 Å². The van der Waals surface area contributed by atoms with Gasteiger partial charge in [-0.05, 0) is 43.5 Å². The fourth-order valence-electron chi connectivity index (χ4n) is 3.76. The Bertz CT molecular complexity index is 1310. The maximum Gasteiger partial charge on any atom is 0.275 e. The molecule has 1 unspecified atom stereocenters. The van der Waals surface area contributed by atoms with Crippen molar-refractivity contribution < 1.29 is 9.47 Å². The van der Waals surface area contributed by atoms with Crippen LogP contribution in [0.5, 0.6) is 5.75 Å². The van der Waals surface area contributed by atoms with E-state index in [9.17, 15) is 4.79 Å². The zero-order valence-electron chi connectivity index (χ0n) is 18.4. The summed E-state index contributed by atoms with van der Waals surface area (Å²) in [7, 11) is 1.65. The second kappa shape index (κ2) is 9.62. The van der Waals surface area contributed by atoms with Gasteiger partial charge in [0.25, 0.3) is 5.56 Å². The fourth-order valence-corrected chi connectivity index (χ4v) is 5.45. The van der Waals surface area contributed by atoms with Crippen molar-refractivity contribution >= 4 is 28.1 Å². The molecule has 0 saturated carbocycles. The van der Waals surface area contributed by atoms with E-state index in [0.717, 1.165) is 53.2 Å². The Labute approximate surface area is 198 Å². The summed E-state index contributed by atoms with van der Waals surface area (Å²) in [6, 6.07) is 9.34. The molecule has 0 amide bonds. The number of hydrogen-bond acceptors (Lipinski definition) is 9. The van der Waals surface area contributed by atoms with Crippen molar-refractivity contribution in [3.63, 3.8) is 0 Å². The average molecular weight is 485 g/mol. The van der Waals surface area contributed by atoms with E-state index in [1.807, 2.05) is 31.2 Å². The minimum absolute atomic E-state index is 0.140. The van der Waals surface area contributed by atoms with Crippen LogP contribution < -0.4 is 10.3 Å². The molecule has 1 atom stereocenters. The Morgan fingerprint density at radius 3 is 2.85 bits per heavy atom. The van der Waals surface area contributed by atoms with E-state index in [2.05, 4.69) is 24.8 Å². The van der Waals surface area contributed by atoms with Crippen LogP contribution in [0.2, 0.25) is 0 Å². The van der Waals surface area contributed by atoms with Crippen molar-refractivity contribution in [3.8, 4) is 17.1 Å². The van der Waals surface area contributed by atoms with Crippen LogP contribution in [0.25, 0.3) is 16.3 Å². The zero-order chi connectivity index (χ0) is 22.8. The normalized spacial score (nSPS) is 16.0. The lowest BCUT2D eigenvalue weighted by molar-refractivity contribution is 0.0953. The molecule has 0 bridgehead atoms. The molecule has 0 radical (unpaired) electrons. The third-order valence-electron chi connectivity index (χ3n) is 5.47. The second-order valence-corrected chi connectivity index (χ2v) is 9.68. The van der Waals surface area contributed by atoms with Gasteiger partial charge >= 0.3 is 0 Å². The Kier molecular flexibility index (Phi) is 6.43. The summed E-state index contributed by atoms with van der Waals surface area (Å²) >= 11 is 2.97. The van der Waals surface area contributed by atoms with Crippen LogP contribution in [0.1, 0.15) is 30.5 Å². The standard InChI is InChI=1S/C22H24N6O3S2/c1-3-18-26-28-19(29)11-15(23-21(28)33-18)13-32-22-25-24-20(14-6-8-16(30-2)9-7-14)27(22)12-17-5-4-10-31-17/h6-9,11,17H,3-5,10,12-13H2,1-2H3. The van der Waals surface area contributed by atoms with E-state index in [1.165, 1.54) is 27.6 Å². The van der Waals surface area contributed by atoms with E-state index in [1.54, 1.807) is 13.2 Å². The molecule has 1 aliphatic rings. The Balaban J connectivity index is 1.42. The smallest absolute Gasteiger partial charge is 0.275 e. The molecule has 0 aliphatic carbocycles. The van der Waals surface area contributed by atoms with E-state index >= 15 is 0 Å². The van der Waals surface area contributed by atoms with Gasteiger partial charge in [0.15, 0.2) is 11.0 Å². The highest BCUT2D eigenvalue weighted by atomic mass is 32.2. The van der Waals surface area contributed by atoms with E-state index in [0.29, 0.717) is 23.0 Å². The molecule has 4 heterocycles. The number of aryl methyl sites for hydroxylation is 1. The molecule has 1 fully saturated rings. The minimum atomic E-state index is -0.161. The Morgan fingerprint density at radius 1 is 1.27 bits per heavy atom. The second-order valence-electron chi connectivity index (χ2n) is 7.70. The SMILES string of the molecule is CCc1nn2c(=O)cc(CSc3nnc(-c4ccc(OC)cc4)n3CC3CCCO3)nc2s1. The molecule has 5 rings (SSSR count). The van der Waals surface area contributed by atoms with Crippen molar-refractivity contribution in [2.45, 2.75) is 49.7 Å². The first-order valence-corrected chi connectivity index (χ1v) is 12.7. The summed E-state index contributed by atoms with van der Waals surface area (Å²) in [5.74, 6) is 2.09. The molecular formula is C22H24N6O3S2. The van der Waals surface area contributed by atoms with Crippen LogP contribution in [-0.2, 0) is 23.5 Å². The van der Waals surface area contributed by atoms with Crippen molar-refractivity contribution in [1.82, 2.24) is 29.4 Å². The summed E-state index contributed by atoms with van der Waals surface area (Å²) in [4.78, 5) is 17.7. The molecule has 33 heavy (non-hydrogen) atoms. The molecule has 0 spiro atoms. The number of thioether (sulfide) groups is 1. The highest BCUT2D eigenvalue weighted by molar-refractivity contribution is 7.98. The number of aromatic nitrogens is 6. The van der Waals surface area contributed by atoms with Gasteiger partial charge in [-0.2, -0.15) is 9.61 Å². The first kappa shape index (κ1) is 22.1. The largest absolute Gasteiger partial charge is 0.497 e.